The van der Waals surface area contributed by atoms with E-state index >= 15 is 0 Å². The molecule has 1 atom stereocenters. The van der Waals surface area contributed by atoms with E-state index < -0.39 is 7.05 Å². The molecule has 1 unspecified atom stereocenters. The molecular formula is C7H13B2N3O2. The quantitative estimate of drug-likeness (QED) is 0.459. The Morgan fingerprint density at radius 1 is 1.71 bits per heavy atom. The van der Waals surface area contributed by atoms with Crippen LogP contribution < -0.4 is 0 Å². The third-order valence-electron chi connectivity index (χ3n) is 2.44. The molecule has 0 aromatic rings. The summed E-state index contributed by atoms with van der Waals surface area (Å²) in [6.45, 7) is 10.6. The van der Waals surface area contributed by atoms with Crippen molar-refractivity contribution in [2.75, 3.05) is 26.1 Å². The van der Waals surface area contributed by atoms with Gasteiger partial charge < -0.3 is 0 Å². The van der Waals surface area contributed by atoms with Crippen LogP contribution in [0.2, 0.25) is 6.82 Å². The first-order valence-electron chi connectivity index (χ1n) is 4.65. The maximum absolute atomic E-state index is 10.3. The molecule has 0 aromatic carbocycles. The van der Waals surface area contributed by atoms with Gasteiger partial charge in [-0.3, -0.25) is 0 Å². The van der Waals surface area contributed by atoms with E-state index in [0.717, 1.165) is 13.7 Å². The molecule has 14 heavy (non-hydrogen) atoms. The third-order valence-corrected chi connectivity index (χ3v) is 2.44. The molecule has 0 bridgehead atoms. The summed E-state index contributed by atoms with van der Waals surface area (Å²) in [5.41, 5.74) is 0. The Balaban J connectivity index is 2.55. The zero-order chi connectivity index (χ0) is 10.6. The van der Waals surface area contributed by atoms with E-state index in [1.165, 1.54) is 0 Å². The average molecular weight is 193 g/mol. The summed E-state index contributed by atoms with van der Waals surface area (Å²) in [6.07, 6.45) is 0.0448. The summed E-state index contributed by atoms with van der Waals surface area (Å²) in [5.74, 6) is 0. The average Bonchev–Trinajstić information content (AvgIpc) is 2.17. The molecule has 1 rings (SSSR count). The van der Waals surface area contributed by atoms with Gasteiger partial charge in [0.1, 0.15) is 0 Å². The molecule has 0 aromatic heterocycles. The monoisotopic (exact) mass is 193 g/mol. The first kappa shape index (κ1) is 11.4. The van der Waals surface area contributed by atoms with E-state index in [1.54, 1.807) is 11.6 Å². The molecule has 0 spiro atoms. The van der Waals surface area contributed by atoms with Gasteiger partial charge in [-0.2, -0.15) is 0 Å². The second-order valence-corrected chi connectivity index (χ2v) is 3.41. The predicted molar refractivity (Wildman–Crippen MR) is 53.8 cm³/mol. The molecule has 5 nitrogen and oxygen atoms in total. The fourth-order valence-electron chi connectivity index (χ4n) is 1.66. The standard InChI is InChI=1S/C7H13B2N3O2/c1-9(14)12-4-3-11(6-8-13)5-7(12)10-2/h7,14H,3-6H2,1H3. The predicted octanol–water partition coefficient (Wildman–Crippen LogP) is -1.03. The molecule has 1 aliphatic heterocycles. The van der Waals surface area contributed by atoms with Crippen molar-refractivity contribution >= 4 is 14.2 Å². The van der Waals surface area contributed by atoms with E-state index in [-0.39, 0.29) is 6.17 Å². The molecule has 0 aliphatic carbocycles. The van der Waals surface area contributed by atoms with Crippen LogP contribution in [-0.4, -0.2) is 61.2 Å². The number of nitrogens with zero attached hydrogens (tertiary/aromatic N) is 3. The van der Waals surface area contributed by atoms with Crippen LogP contribution in [0.4, 0.5) is 0 Å². The fraction of sp³-hybridized carbons (Fsp3) is 0.857. The van der Waals surface area contributed by atoms with Gasteiger partial charge in [0.25, 0.3) is 0 Å². The van der Waals surface area contributed by atoms with Gasteiger partial charge >= 0.3 is 84.1 Å². The van der Waals surface area contributed by atoms with Crippen molar-refractivity contribution < 1.29 is 9.73 Å². The first-order chi connectivity index (χ1) is 6.69. The van der Waals surface area contributed by atoms with Crippen LogP contribution in [0.3, 0.4) is 0 Å². The van der Waals surface area contributed by atoms with Crippen LogP contribution in [0.1, 0.15) is 0 Å². The van der Waals surface area contributed by atoms with E-state index in [0.29, 0.717) is 19.5 Å². The second-order valence-electron chi connectivity index (χ2n) is 3.41. The molecule has 0 radical (unpaired) electrons. The van der Waals surface area contributed by atoms with Gasteiger partial charge in [0.05, 0.1) is 0 Å². The van der Waals surface area contributed by atoms with E-state index in [2.05, 4.69) is 4.85 Å². The topological polar surface area (TPSA) is 48.1 Å². The summed E-state index contributed by atoms with van der Waals surface area (Å²) >= 11 is 0. The van der Waals surface area contributed by atoms with Crippen LogP contribution >= 0.6 is 0 Å². The molecule has 0 saturated carbocycles. The summed E-state index contributed by atoms with van der Waals surface area (Å²) < 4.78 is 10.3. The first-order valence-corrected chi connectivity index (χ1v) is 4.65. The van der Waals surface area contributed by atoms with Crippen molar-refractivity contribution in [3.05, 3.63) is 11.4 Å². The molecular weight excluding hydrogens is 180 g/mol. The van der Waals surface area contributed by atoms with Crippen molar-refractivity contribution in [3.8, 4) is 0 Å². The van der Waals surface area contributed by atoms with Gasteiger partial charge in [0.2, 0.25) is 0 Å². The van der Waals surface area contributed by atoms with Crippen LogP contribution in [0.25, 0.3) is 4.85 Å². The van der Waals surface area contributed by atoms with Crippen LogP contribution in [-0.2, 0) is 4.70 Å². The van der Waals surface area contributed by atoms with Gasteiger partial charge in [-0.15, -0.1) is 0 Å². The molecule has 1 heterocycles. The zero-order valence-corrected chi connectivity index (χ0v) is 8.26. The van der Waals surface area contributed by atoms with E-state index in [9.17, 15) is 9.73 Å². The Bertz CT molecular complexity index is 244. The fourth-order valence-corrected chi connectivity index (χ4v) is 1.66. The minimum absolute atomic E-state index is 0.330. The Morgan fingerprint density at radius 2 is 2.43 bits per heavy atom. The molecule has 1 fully saturated rings. The van der Waals surface area contributed by atoms with E-state index in [1.807, 2.05) is 4.90 Å². The summed E-state index contributed by atoms with van der Waals surface area (Å²) in [5, 5.41) is 9.39. The Kier molecular flexibility index (Phi) is 4.26. The normalized spacial score (nSPS) is 23.9. The van der Waals surface area contributed by atoms with Gasteiger partial charge in [0, 0.05) is 0 Å². The SMILES string of the molecule is [C-]#[N+]C1CN(CB=O)CCN1B(C)O. The second kappa shape index (κ2) is 5.25. The summed E-state index contributed by atoms with van der Waals surface area (Å²) in [4.78, 5) is 7.11. The number of rotatable bonds is 3. The Hall–Kier alpha value is -0.700. The van der Waals surface area contributed by atoms with Crippen LogP contribution in [0.5, 0.6) is 0 Å². The molecule has 0 amide bonds. The molecule has 74 valence electrons. The van der Waals surface area contributed by atoms with Gasteiger partial charge in [0.15, 0.2) is 0 Å². The molecule has 1 saturated heterocycles. The third kappa shape index (κ3) is 2.64. The number of hydrogen-bond donors (Lipinski definition) is 1. The minimum atomic E-state index is -0.590. The van der Waals surface area contributed by atoms with Crippen LogP contribution in [0, 0.1) is 6.57 Å². The van der Waals surface area contributed by atoms with Crippen molar-refractivity contribution in [2.24, 2.45) is 0 Å². The van der Waals surface area contributed by atoms with E-state index in [4.69, 9.17) is 6.57 Å². The Labute approximate surface area is 84.9 Å². The number of piperazine rings is 1. The van der Waals surface area contributed by atoms with Gasteiger partial charge in [-0.1, -0.05) is 0 Å². The van der Waals surface area contributed by atoms with Gasteiger partial charge in [-0.25, -0.2) is 0 Å². The van der Waals surface area contributed by atoms with Crippen molar-refractivity contribution in [3.63, 3.8) is 0 Å². The summed E-state index contributed by atoms with van der Waals surface area (Å²) in [7, 11) is 0.256. The van der Waals surface area contributed by atoms with Crippen molar-refractivity contribution in [1.82, 2.24) is 9.71 Å². The Morgan fingerprint density at radius 3 is 2.93 bits per heavy atom. The molecule has 1 N–H and O–H groups in total. The van der Waals surface area contributed by atoms with Gasteiger partial charge in [-0.05, 0) is 0 Å². The van der Waals surface area contributed by atoms with Crippen LogP contribution in [0.15, 0.2) is 0 Å². The molecule has 1 aliphatic rings. The zero-order valence-electron chi connectivity index (χ0n) is 8.26. The number of hydrogen-bond acceptors (Lipinski definition) is 4. The molecule has 7 heteroatoms. The van der Waals surface area contributed by atoms with Crippen molar-refractivity contribution in [2.45, 2.75) is 13.0 Å². The van der Waals surface area contributed by atoms with Crippen molar-refractivity contribution in [1.29, 1.82) is 0 Å². The maximum atomic E-state index is 10.3. The summed E-state index contributed by atoms with van der Waals surface area (Å²) in [6, 6.07) is 0.